The molecular formula is C25H28N6O3. The third-order valence-electron chi connectivity index (χ3n) is 6.05. The second kappa shape index (κ2) is 9.86. The minimum atomic E-state index is -0.480. The molecule has 1 aromatic carbocycles. The number of piperidine rings is 1. The van der Waals surface area contributed by atoms with E-state index in [0.29, 0.717) is 34.7 Å². The Morgan fingerprint density at radius 3 is 2.53 bits per heavy atom. The van der Waals surface area contributed by atoms with Crippen LogP contribution >= 0.6 is 0 Å². The molecule has 9 heteroatoms. The van der Waals surface area contributed by atoms with Crippen LogP contribution in [0.2, 0.25) is 0 Å². The van der Waals surface area contributed by atoms with E-state index in [1.54, 1.807) is 30.7 Å². The maximum Gasteiger partial charge on any atom is 0.342 e. The fourth-order valence-electron chi connectivity index (χ4n) is 4.26. The van der Waals surface area contributed by atoms with Crippen LogP contribution in [0.5, 0.6) is 0 Å². The van der Waals surface area contributed by atoms with Gasteiger partial charge in [0, 0.05) is 24.8 Å². The van der Waals surface area contributed by atoms with Gasteiger partial charge in [-0.25, -0.2) is 9.78 Å². The number of pyridine rings is 1. The average Bonchev–Trinajstić information content (AvgIpc) is 3.39. The van der Waals surface area contributed by atoms with Crippen LogP contribution in [0.3, 0.4) is 0 Å². The van der Waals surface area contributed by atoms with Gasteiger partial charge >= 0.3 is 5.97 Å². The van der Waals surface area contributed by atoms with Crippen LogP contribution in [0.4, 0.5) is 5.82 Å². The van der Waals surface area contributed by atoms with Crippen LogP contribution in [0, 0.1) is 0 Å². The van der Waals surface area contributed by atoms with Crippen molar-refractivity contribution in [3.8, 4) is 5.69 Å². The Bertz CT molecular complexity index is 1210. The molecule has 9 nitrogen and oxygen atoms in total. The number of ether oxygens (including phenoxy) is 1. The summed E-state index contributed by atoms with van der Waals surface area (Å²) in [6.07, 6.45) is 6.43. The minimum absolute atomic E-state index is 0.0546. The highest BCUT2D eigenvalue weighted by Crippen LogP contribution is 2.28. The number of nitrogens with zero attached hydrogens (tertiary/aromatic N) is 5. The SMILES string of the molecule is C=C(C)c1ccnc(NC2CCC(C)N(C(=O)c3ccccc3-n3nccn3)C2)c1C(=O)OC. The Labute approximate surface area is 198 Å². The first kappa shape index (κ1) is 23.2. The van der Waals surface area contributed by atoms with E-state index in [1.165, 1.54) is 11.9 Å². The van der Waals surface area contributed by atoms with Gasteiger partial charge in [0.1, 0.15) is 11.4 Å². The van der Waals surface area contributed by atoms with Gasteiger partial charge in [-0.15, -0.1) is 0 Å². The van der Waals surface area contributed by atoms with E-state index in [-0.39, 0.29) is 18.0 Å². The monoisotopic (exact) mass is 460 g/mol. The number of allylic oxidation sites excluding steroid dienone is 1. The number of likely N-dealkylation sites (tertiary alicyclic amines) is 1. The lowest BCUT2D eigenvalue weighted by molar-refractivity contribution is 0.0594. The summed E-state index contributed by atoms with van der Waals surface area (Å²) in [6, 6.07) is 9.02. The standard InChI is InChI=1S/C25H28N6O3/c1-16(2)19-11-12-26-23(22(19)25(33)34-4)29-18-10-9-17(3)30(15-18)24(32)20-7-5-6-8-21(20)31-27-13-14-28-31/h5-8,11-14,17-18H,1,9-10,15H2,2-4H3,(H,26,29). The van der Waals surface area contributed by atoms with Gasteiger partial charge in [0.05, 0.1) is 30.8 Å². The predicted octanol–water partition coefficient (Wildman–Crippen LogP) is 3.59. The Hall–Kier alpha value is -4.01. The van der Waals surface area contributed by atoms with Crippen molar-refractivity contribution in [3.63, 3.8) is 0 Å². The number of hydrogen-bond donors (Lipinski definition) is 1. The second-order valence-electron chi connectivity index (χ2n) is 8.41. The van der Waals surface area contributed by atoms with Crippen molar-refractivity contribution in [1.29, 1.82) is 0 Å². The number of nitrogens with one attached hydrogen (secondary N) is 1. The zero-order valence-corrected chi connectivity index (χ0v) is 19.6. The molecule has 0 bridgehead atoms. The van der Waals surface area contributed by atoms with Crippen LogP contribution in [0.15, 0.2) is 55.5 Å². The lowest BCUT2D eigenvalue weighted by Gasteiger charge is -2.39. The highest BCUT2D eigenvalue weighted by Gasteiger charge is 2.32. The van der Waals surface area contributed by atoms with E-state index in [4.69, 9.17) is 4.74 Å². The number of para-hydroxylation sites is 1. The zero-order chi connectivity index (χ0) is 24.2. The Morgan fingerprint density at radius 1 is 1.09 bits per heavy atom. The fraction of sp³-hybridized carbons (Fsp3) is 0.320. The molecule has 1 amide bonds. The molecule has 2 aromatic heterocycles. The summed E-state index contributed by atoms with van der Waals surface area (Å²) in [6.45, 7) is 8.31. The molecule has 176 valence electrons. The molecule has 0 spiro atoms. The topological polar surface area (TPSA) is 102 Å². The van der Waals surface area contributed by atoms with Gasteiger partial charge in [0.15, 0.2) is 0 Å². The van der Waals surface area contributed by atoms with Crippen molar-refractivity contribution in [2.24, 2.45) is 0 Å². The predicted molar refractivity (Wildman–Crippen MR) is 129 cm³/mol. The van der Waals surface area contributed by atoms with E-state index in [0.717, 1.165) is 18.4 Å². The normalized spacial score (nSPS) is 17.8. The first-order chi connectivity index (χ1) is 16.4. The zero-order valence-electron chi connectivity index (χ0n) is 19.6. The van der Waals surface area contributed by atoms with Gasteiger partial charge in [-0.3, -0.25) is 4.79 Å². The van der Waals surface area contributed by atoms with E-state index in [2.05, 4.69) is 27.1 Å². The molecule has 1 saturated heterocycles. The minimum Gasteiger partial charge on any atom is -0.465 e. The third-order valence-corrected chi connectivity index (χ3v) is 6.05. The van der Waals surface area contributed by atoms with Crippen LogP contribution in [0.1, 0.15) is 53.0 Å². The summed E-state index contributed by atoms with van der Waals surface area (Å²) in [4.78, 5) is 33.9. The lowest BCUT2D eigenvalue weighted by atomic mass is 9.97. The Balaban J connectivity index is 1.60. The molecule has 2 unspecified atom stereocenters. The molecule has 2 atom stereocenters. The van der Waals surface area contributed by atoms with Crippen molar-refractivity contribution in [2.45, 2.75) is 38.8 Å². The van der Waals surface area contributed by atoms with Gasteiger partial charge in [0.2, 0.25) is 0 Å². The van der Waals surface area contributed by atoms with Crippen molar-refractivity contribution in [1.82, 2.24) is 24.9 Å². The van der Waals surface area contributed by atoms with E-state index in [1.807, 2.05) is 36.9 Å². The quantitative estimate of drug-likeness (QED) is 0.561. The molecular weight excluding hydrogens is 432 g/mol. The third kappa shape index (κ3) is 4.54. The van der Waals surface area contributed by atoms with E-state index >= 15 is 0 Å². The highest BCUT2D eigenvalue weighted by atomic mass is 16.5. The molecule has 0 saturated carbocycles. The summed E-state index contributed by atoms with van der Waals surface area (Å²) >= 11 is 0. The molecule has 0 aliphatic carbocycles. The smallest absolute Gasteiger partial charge is 0.342 e. The summed E-state index contributed by atoms with van der Waals surface area (Å²) < 4.78 is 5.00. The molecule has 3 heterocycles. The molecule has 1 fully saturated rings. The summed E-state index contributed by atoms with van der Waals surface area (Å²) in [5, 5.41) is 11.8. The maximum atomic E-state index is 13.6. The van der Waals surface area contributed by atoms with Crippen LogP contribution in [-0.4, -0.2) is 62.5 Å². The largest absolute Gasteiger partial charge is 0.465 e. The number of rotatable bonds is 6. The van der Waals surface area contributed by atoms with Crippen LogP contribution < -0.4 is 5.32 Å². The summed E-state index contributed by atoms with van der Waals surface area (Å²) in [7, 11) is 1.34. The molecule has 34 heavy (non-hydrogen) atoms. The van der Waals surface area contributed by atoms with Crippen LogP contribution in [-0.2, 0) is 4.74 Å². The molecule has 0 radical (unpaired) electrons. The number of esters is 1. The molecule has 1 aliphatic heterocycles. The van der Waals surface area contributed by atoms with Crippen molar-refractivity contribution >= 4 is 23.3 Å². The molecule has 1 N–H and O–H groups in total. The van der Waals surface area contributed by atoms with Crippen molar-refractivity contribution in [3.05, 3.63) is 72.2 Å². The number of amides is 1. The van der Waals surface area contributed by atoms with Crippen LogP contribution in [0.25, 0.3) is 11.3 Å². The van der Waals surface area contributed by atoms with E-state index < -0.39 is 5.97 Å². The highest BCUT2D eigenvalue weighted by molar-refractivity contribution is 6.00. The first-order valence-electron chi connectivity index (χ1n) is 11.2. The van der Waals surface area contributed by atoms with Gasteiger partial charge in [0.25, 0.3) is 5.91 Å². The lowest BCUT2D eigenvalue weighted by Crippen LogP contribution is -2.50. The molecule has 1 aliphatic rings. The van der Waals surface area contributed by atoms with Crippen molar-refractivity contribution < 1.29 is 14.3 Å². The Kier molecular flexibility index (Phi) is 6.72. The number of anilines is 1. The van der Waals surface area contributed by atoms with Gasteiger partial charge < -0.3 is 15.0 Å². The number of carbonyl (C=O) groups is 2. The number of carbonyl (C=O) groups excluding carboxylic acids is 2. The first-order valence-corrected chi connectivity index (χ1v) is 11.2. The van der Waals surface area contributed by atoms with E-state index in [9.17, 15) is 9.59 Å². The summed E-state index contributed by atoms with van der Waals surface area (Å²) in [5.41, 5.74) is 2.93. The summed E-state index contributed by atoms with van der Waals surface area (Å²) in [5.74, 6) is -0.143. The van der Waals surface area contributed by atoms with Gasteiger partial charge in [-0.1, -0.05) is 24.3 Å². The molecule has 4 rings (SSSR count). The van der Waals surface area contributed by atoms with Gasteiger partial charge in [-0.05, 0) is 50.5 Å². The number of benzene rings is 1. The number of aromatic nitrogens is 4. The fourth-order valence-corrected chi connectivity index (χ4v) is 4.26. The Morgan fingerprint density at radius 2 is 1.82 bits per heavy atom. The number of hydrogen-bond acceptors (Lipinski definition) is 7. The molecule has 3 aromatic rings. The average molecular weight is 461 g/mol. The van der Waals surface area contributed by atoms with Crippen molar-refractivity contribution in [2.75, 3.05) is 19.0 Å². The number of methoxy groups -OCH3 is 1. The van der Waals surface area contributed by atoms with Gasteiger partial charge in [-0.2, -0.15) is 15.0 Å². The maximum absolute atomic E-state index is 13.6. The second-order valence-corrected chi connectivity index (χ2v) is 8.41.